The molecule has 0 aliphatic rings. The van der Waals surface area contributed by atoms with E-state index in [1.165, 1.54) is 20.8 Å². The van der Waals surface area contributed by atoms with Crippen LogP contribution in [0.25, 0.3) is 0 Å². The molecule has 0 saturated carbocycles. The fraction of sp³-hybridized carbons (Fsp3) is 0.563. The van der Waals surface area contributed by atoms with Crippen LogP contribution in [0.15, 0.2) is 65.7 Å². The zero-order chi connectivity index (χ0) is 84.6. The number of carbonyl (C=O) groups is 18. The molecule has 2 aromatic rings. The van der Waals surface area contributed by atoms with E-state index in [2.05, 4.69) is 92.1 Å². The van der Waals surface area contributed by atoms with Crippen molar-refractivity contribution in [3.63, 3.8) is 0 Å². The number of carboxylic acids is 1. The SMILES string of the molecule is CC[C@H](C)[C@H](NC(=O)CNC(=O)[C@H](CCC(N)=O)NC(=O)CN)C(=O)N[C@@H](CC(N)=O)C(=O)N[C@H](C(=O)N[C@@H](C)C(=O)N[C@@H](Cc1ccccc1)C(=O)N[C@@H](CC(N)=O)C(=O)N[C@@H](CCCN=C(N)N)C(=O)N[C@@H](Cc1ccccc1)C(=O)N[C@@H](CC(C)C)C(=O)N[C@H](C(=O)NCC(=O)N[C@@H](CS)C(=O)O)C(C)C)C(C)C. The molecule has 112 heavy (non-hydrogen) atoms. The van der Waals surface area contributed by atoms with Gasteiger partial charge in [-0.15, -0.1) is 0 Å². The molecule has 2 aromatic carbocycles. The predicted molar refractivity (Wildman–Crippen MR) is 410 cm³/mol. The van der Waals surface area contributed by atoms with Crippen molar-refractivity contribution >= 4 is 125 Å². The summed E-state index contributed by atoms with van der Waals surface area (Å²) in [4.78, 5) is 246. The molecular formula is C71H111N21O19S. The zero-order valence-electron chi connectivity index (χ0n) is 64.3. The van der Waals surface area contributed by atoms with Gasteiger partial charge in [-0.2, -0.15) is 12.6 Å². The van der Waals surface area contributed by atoms with E-state index in [0.29, 0.717) is 11.1 Å². The second kappa shape index (κ2) is 49.6. The number of nitrogens with one attached hydrogen (secondary N) is 14. The van der Waals surface area contributed by atoms with Gasteiger partial charge in [0.1, 0.15) is 72.5 Å². The highest BCUT2D eigenvalue weighted by Gasteiger charge is 2.39. The Bertz CT molecular complexity index is 3630. The molecule has 27 N–H and O–H groups in total. The van der Waals surface area contributed by atoms with Crippen molar-refractivity contribution in [1.29, 1.82) is 0 Å². The maximum Gasteiger partial charge on any atom is 0.327 e. The van der Waals surface area contributed by atoms with Gasteiger partial charge in [-0.25, -0.2) is 4.79 Å². The van der Waals surface area contributed by atoms with Gasteiger partial charge in [0.15, 0.2) is 5.96 Å². The first-order valence-electron chi connectivity index (χ1n) is 36.3. The van der Waals surface area contributed by atoms with E-state index in [1.807, 2.05) is 0 Å². The minimum absolute atomic E-state index is 0.00918. The number of carboxylic acid groups (broad SMARTS) is 1. The lowest BCUT2D eigenvalue weighted by atomic mass is 9.97. The number of hydrogen-bond donors (Lipinski definition) is 22. The summed E-state index contributed by atoms with van der Waals surface area (Å²) in [5.74, 6) is -20.6. The van der Waals surface area contributed by atoms with Gasteiger partial charge in [-0.05, 0) is 67.4 Å². The van der Waals surface area contributed by atoms with Gasteiger partial charge in [-0.3, -0.25) is 86.5 Å². The zero-order valence-corrected chi connectivity index (χ0v) is 65.2. The molecule has 0 bridgehead atoms. The molecule has 41 heteroatoms. The Balaban J connectivity index is 2.51. The molecule has 620 valence electrons. The smallest absolute Gasteiger partial charge is 0.327 e. The molecule has 0 unspecified atom stereocenters. The number of aliphatic carboxylic acids is 1. The first-order valence-corrected chi connectivity index (χ1v) is 36.9. The lowest BCUT2D eigenvalue weighted by Gasteiger charge is -2.29. The Morgan fingerprint density at radius 2 is 0.821 bits per heavy atom. The predicted octanol–water partition coefficient (Wildman–Crippen LogP) is -7.01. The number of carbonyl (C=O) groups excluding carboxylic acids is 17. The third kappa shape index (κ3) is 36.3. The third-order valence-corrected chi connectivity index (χ3v) is 17.4. The van der Waals surface area contributed by atoms with Crippen LogP contribution >= 0.6 is 12.6 Å². The molecule has 2 rings (SSSR count). The molecule has 0 radical (unpaired) electrons. The Hall–Kier alpha value is -11.5. The van der Waals surface area contributed by atoms with E-state index in [9.17, 15) is 91.4 Å². The highest BCUT2D eigenvalue weighted by molar-refractivity contribution is 7.80. The summed E-state index contributed by atoms with van der Waals surface area (Å²) in [6, 6.07) is -1.81. The van der Waals surface area contributed by atoms with E-state index in [-0.39, 0.29) is 75.5 Å². The quantitative estimate of drug-likeness (QED) is 0.0127. The summed E-state index contributed by atoms with van der Waals surface area (Å²) in [5.41, 5.74) is 33.8. The summed E-state index contributed by atoms with van der Waals surface area (Å²) in [7, 11) is 0. The van der Waals surface area contributed by atoms with E-state index in [1.54, 1.807) is 102 Å². The highest BCUT2D eigenvalue weighted by Crippen LogP contribution is 2.15. The largest absolute Gasteiger partial charge is 0.480 e. The molecule has 0 aliphatic heterocycles. The van der Waals surface area contributed by atoms with Crippen LogP contribution < -0.4 is 109 Å². The highest BCUT2D eigenvalue weighted by atomic mass is 32.1. The lowest BCUT2D eigenvalue weighted by Crippen LogP contribution is -2.61. The van der Waals surface area contributed by atoms with Gasteiger partial charge >= 0.3 is 5.97 Å². The van der Waals surface area contributed by atoms with Crippen LogP contribution in [-0.4, -0.2) is 222 Å². The molecule has 0 heterocycles. The molecule has 40 nitrogen and oxygen atoms in total. The molecular weight excluding hydrogens is 1480 g/mol. The van der Waals surface area contributed by atoms with Crippen LogP contribution in [0.2, 0.25) is 0 Å². The van der Waals surface area contributed by atoms with Crippen LogP contribution in [0.1, 0.15) is 125 Å². The number of nitrogens with two attached hydrogens (primary N) is 6. The van der Waals surface area contributed by atoms with Crippen molar-refractivity contribution in [3.8, 4) is 0 Å². The van der Waals surface area contributed by atoms with Crippen LogP contribution in [0.3, 0.4) is 0 Å². The number of guanidine groups is 1. The van der Waals surface area contributed by atoms with E-state index in [4.69, 9.17) is 34.4 Å². The molecule has 0 fully saturated rings. The van der Waals surface area contributed by atoms with E-state index < -0.39 is 229 Å². The first-order chi connectivity index (χ1) is 52.6. The van der Waals surface area contributed by atoms with Crippen LogP contribution in [0.4, 0.5) is 0 Å². The Labute approximate surface area is 654 Å². The van der Waals surface area contributed by atoms with Crippen molar-refractivity contribution in [3.05, 3.63) is 71.8 Å². The van der Waals surface area contributed by atoms with Crippen molar-refractivity contribution in [2.24, 2.45) is 63.1 Å². The van der Waals surface area contributed by atoms with Crippen molar-refractivity contribution in [1.82, 2.24) is 74.4 Å². The number of primary amides is 3. The van der Waals surface area contributed by atoms with Gasteiger partial charge in [0, 0.05) is 31.6 Å². The first kappa shape index (κ1) is 96.6. The molecule has 17 amide bonds. The molecule has 0 aliphatic carbocycles. The monoisotopic (exact) mass is 1590 g/mol. The van der Waals surface area contributed by atoms with Crippen LogP contribution in [-0.2, 0) is 99.1 Å². The second-order valence-corrected chi connectivity index (χ2v) is 28.1. The summed E-state index contributed by atoms with van der Waals surface area (Å²) < 4.78 is 0. The van der Waals surface area contributed by atoms with Crippen molar-refractivity contribution in [2.75, 3.05) is 31.9 Å². The van der Waals surface area contributed by atoms with Gasteiger partial charge in [-0.1, -0.05) is 122 Å². The molecule has 0 saturated heterocycles. The fourth-order valence-electron chi connectivity index (χ4n) is 10.7. The van der Waals surface area contributed by atoms with Gasteiger partial charge < -0.3 is 114 Å². The summed E-state index contributed by atoms with van der Waals surface area (Å²) >= 11 is 3.92. The van der Waals surface area contributed by atoms with Gasteiger partial charge in [0.2, 0.25) is 100 Å². The van der Waals surface area contributed by atoms with Crippen LogP contribution in [0, 0.1) is 23.7 Å². The average Bonchev–Trinajstić information content (AvgIpc) is 0.850. The Kier molecular flexibility index (Phi) is 42.8. The molecule has 0 aromatic heterocycles. The normalized spacial score (nSPS) is 14.5. The van der Waals surface area contributed by atoms with Gasteiger partial charge in [0.05, 0.1) is 32.5 Å². The topological polar surface area (TPSA) is 664 Å². The standard InChI is InChI=1S/C71H111N21O19S/c1-10-38(8)58(90-55(98)33-79-60(100)43(23-24-50(73)93)82-53(96)31-72)69(109)89-48(30-52(75)95)66(106)92-57(37(6)7)68(108)81-39(9)59(99)85-45(27-40-18-13-11-14-19-40)62(102)88-47(29-51(74)94)64(104)84-42(22-17-25-78-71(76)77)61(101)87-46(28-41-20-15-12-16-21-41)63(103)86-44(26-35(2)3)65(105)91-56(36(4)5)67(107)80-32-54(97)83-49(34-112)70(110)111/h11-16,18-21,35-39,42-49,56-58,112H,10,17,22-34,72H2,1-9H3,(H2,73,93)(H2,74,94)(H2,75,95)(H,79,100)(H,80,107)(H,81,108)(H,82,96)(H,83,97)(H,84,104)(H,85,99)(H,86,103)(H,87,101)(H,88,102)(H,89,109)(H,90,98)(H,91,105)(H,92,106)(H,110,111)(H4,76,77,78)/t38-,39-,42-,43-,44-,45-,46-,47-,48-,49-,56-,57-,58-/m0/s1. The number of benzene rings is 2. The maximum atomic E-state index is 14.8. The van der Waals surface area contributed by atoms with Gasteiger partial charge in [0.25, 0.3) is 0 Å². The number of aliphatic imine (C=N–C) groups is 1. The second-order valence-electron chi connectivity index (χ2n) is 27.7. The Morgan fingerprint density at radius 1 is 0.420 bits per heavy atom. The average molecular weight is 1590 g/mol. The van der Waals surface area contributed by atoms with E-state index >= 15 is 0 Å². The molecule has 0 spiro atoms. The fourth-order valence-corrected chi connectivity index (χ4v) is 11.0. The van der Waals surface area contributed by atoms with E-state index in [0.717, 1.165) is 0 Å². The summed E-state index contributed by atoms with van der Waals surface area (Å²) in [5, 5.41) is 43.8. The number of nitrogens with zero attached hydrogens (tertiary/aromatic N) is 1. The molecule has 13 atom stereocenters. The summed E-state index contributed by atoms with van der Waals surface area (Å²) in [6.45, 7) is 12.2. The number of thiol groups is 1. The lowest BCUT2D eigenvalue weighted by molar-refractivity contribution is -0.141. The van der Waals surface area contributed by atoms with Crippen molar-refractivity contribution < 1.29 is 91.4 Å². The minimum atomic E-state index is -1.89. The Morgan fingerprint density at radius 3 is 1.28 bits per heavy atom. The number of rotatable bonds is 51. The summed E-state index contributed by atoms with van der Waals surface area (Å²) in [6.07, 6.45) is -2.81. The number of hydrogen-bond acceptors (Lipinski definition) is 21. The minimum Gasteiger partial charge on any atom is -0.480 e. The number of amides is 17. The van der Waals surface area contributed by atoms with Crippen LogP contribution in [0.5, 0.6) is 0 Å². The van der Waals surface area contributed by atoms with Crippen molar-refractivity contribution in [2.45, 2.75) is 199 Å². The maximum absolute atomic E-state index is 14.8. The third-order valence-electron chi connectivity index (χ3n) is 17.1.